The Kier molecular flexibility index (Phi) is 12.3. The molecule has 1 heterocycles. The van der Waals surface area contributed by atoms with E-state index < -0.39 is 12.3 Å². The number of carbonyl (C=O) groups excluding carboxylic acids is 1. The zero-order chi connectivity index (χ0) is 33.1. The van der Waals surface area contributed by atoms with Crippen molar-refractivity contribution in [3.8, 4) is 28.6 Å². The number of benzene rings is 3. The fourth-order valence-electron chi connectivity index (χ4n) is 3.54. The highest BCUT2D eigenvalue weighted by molar-refractivity contribution is 8.13. The Balaban J connectivity index is 1.43. The van der Waals surface area contributed by atoms with Crippen molar-refractivity contribution in [2.45, 2.75) is 13.3 Å². The fraction of sp³-hybridized carbons (Fsp3) is 0.207. The summed E-state index contributed by atoms with van der Waals surface area (Å²) in [6, 6.07) is 15.5. The number of esters is 1. The number of aliphatic imine (C=N–C) groups is 1. The van der Waals surface area contributed by atoms with E-state index in [1.807, 2.05) is 0 Å². The van der Waals surface area contributed by atoms with Crippen molar-refractivity contribution in [1.29, 1.82) is 0 Å². The van der Waals surface area contributed by atoms with Crippen LogP contribution in [0.15, 0.2) is 77.1 Å². The van der Waals surface area contributed by atoms with Gasteiger partial charge in [-0.15, -0.1) is 18.3 Å². The molecule has 0 spiro atoms. The molecule has 0 unspecified atom stereocenters. The van der Waals surface area contributed by atoms with Crippen molar-refractivity contribution in [1.82, 2.24) is 20.2 Å². The third kappa shape index (κ3) is 10.4. The molecule has 11 nitrogen and oxygen atoms in total. The largest absolute Gasteiger partial charge is 0.573 e. The molecule has 0 bridgehead atoms. The van der Waals surface area contributed by atoms with E-state index in [1.165, 1.54) is 48.6 Å². The summed E-state index contributed by atoms with van der Waals surface area (Å²) in [7, 11) is 1.48. The minimum Gasteiger partial charge on any atom is -0.497 e. The summed E-state index contributed by atoms with van der Waals surface area (Å²) in [5, 5.41) is 9.34. The van der Waals surface area contributed by atoms with Gasteiger partial charge in [-0.05, 0) is 48.5 Å². The topological polar surface area (TPSA) is 121 Å². The lowest BCUT2D eigenvalue weighted by Crippen LogP contribution is -2.17. The van der Waals surface area contributed by atoms with E-state index >= 15 is 0 Å². The number of rotatable bonds is 12. The first-order chi connectivity index (χ1) is 22.0. The van der Waals surface area contributed by atoms with Crippen LogP contribution in [0.2, 0.25) is 10.0 Å². The van der Waals surface area contributed by atoms with Crippen molar-refractivity contribution in [2.75, 3.05) is 26.3 Å². The first kappa shape index (κ1) is 34.6. The van der Waals surface area contributed by atoms with Gasteiger partial charge in [0.25, 0.3) is 0 Å². The van der Waals surface area contributed by atoms with Crippen LogP contribution in [0, 0.1) is 0 Å². The van der Waals surface area contributed by atoms with Gasteiger partial charge in [0, 0.05) is 24.3 Å². The predicted octanol–water partition coefficient (Wildman–Crippen LogP) is 7.03. The third-order valence-electron chi connectivity index (χ3n) is 5.65. The van der Waals surface area contributed by atoms with E-state index in [0.717, 1.165) is 11.8 Å². The van der Waals surface area contributed by atoms with E-state index in [-0.39, 0.29) is 39.2 Å². The van der Waals surface area contributed by atoms with Crippen LogP contribution in [-0.2, 0) is 14.3 Å². The molecule has 3 aromatic carbocycles. The third-order valence-corrected chi connectivity index (χ3v) is 6.92. The number of halogens is 5. The standard InChI is InChI=1S/C29H25Cl2F3N6O5S/c1-3-43-15-25(41)44-17-46-28(37-26-23(30)12-22(42-2)13-24(26)31)38-36-14-18-4-6-19(7-5-18)27-35-16-40(39-27)20-8-10-21(11-9-20)45-29(32,33)34/h4-14,16H,3,15,17H2,1-2H3,(H,37,38)/b36-14+. The molecule has 46 heavy (non-hydrogen) atoms. The highest BCUT2D eigenvalue weighted by Gasteiger charge is 2.31. The first-order valence-electron chi connectivity index (χ1n) is 13.2. The lowest BCUT2D eigenvalue weighted by atomic mass is 10.1. The van der Waals surface area contributed by atoms with Gasteiger partial charge < -0.3 is 18.9 Å². The molecule has 0 atom stereocenters. The van der Waals surface area contributed by atoms with Crippen LogP contribution in [-0.4, -0.2) is 64.7 Å². The molecule has 4 rings (SSSR count). The second-order valence-corrected chi connectivity index (χ2v) is 10.5. The average molecular weight is 698 g/mol. The van der Waals surface area contributed by atoms with Crippen LogP contribution in [0.25, 0.3) is 17.1 Å². The number of hydrazone groups is 1. The van der Waals surface area contributed by atoms with Crippen LogP contribution < -0.4 is 14.9 Å². The van der Waals surface area contributed by atoms with Gasteiger partial charge in [0.15, 0.2) is 11.0 Å². The lowest BCUT2D eigenvalue weighted by molar-refractivity contribution is -0.274. The maximum Gasteiger partial charge on any atom is 0.573 e. The van der Waals surface area contributed by atoms with Crippen molar-refractivity contribution in [3.63, 3.8) is 0 Å². The number of thioether (sulfide) groups is 1. The first-order valence-corrected chi connectivity index (χ1v) is 14.9. The monoisotopic (exact) mass is 696 g/mol. The highest BCUT2D eigenvalue weighted by Crippen LogP contribution is 2.37. The number of aromatic nitrogens is 3. The zero-order valence-electron chi connectivity index (χ0n) is 24.1. The Bertz CT molecular complexity index is 1660. The molecule has 0 saturated heterocycles. The maximum absolute atomic E-state index is 12.4. The van der Waals surface area contributed by atoms with Crippen LogP contribution in [0.4, 0.5) is 18.9 Å². The molecule has 1 N–H and O–H groups in total. The molecule has 4 aromatic rings. The fourth-order valence-corrected chi connectivity index (χ4v) is 4.66. The molecule has 242 valence electrons. The summed E-state index contributed by atoms with van der Waals surface area (Å²) in [6.45, 7) is 1.97. The lowest BCUT2D eigenvalue weighted by Gasteiger charge is -2.10. The molecular weight excluding hydrogens is 672 g/mol. The number of hydrogen-bond donors (Lipinski definition) is 1. The second-order valence-electron chi connectivity index (χ2n) is 8.82. The number of nitrogens with zero attached hydrogens (tertiary/aromatic N) is 5. The molecule has 0 radical (unpaired) electrons. The average Bonchev–Trinajstić information content (AvgIpc) is 3.51. The van der Waals surface area contributed by atoms with E-state index in [9.17, 15) is 18.0 Å². The number of alkyl halides is 3. The van der Waals surface area contributed by atoms with Gasteiger partial charge in [0.05, 0.1) is 29.1 Å². The van der Waals surface area contributed by atoms with Gasteiger partial charge in [0.2, 0.25) is 0 Å². The molecule has 0 aliphatic rings. The molecule has 17 heteroatoms. The molecular formula is C29H25Cl2F3N6O5S. The zero-order valence-corrected chi connectivity index (χ0v) is 26.5. The van der Waals surface area contributed by atoms with E-state index in [4.69, 9.17) is 37.4 Å². The molecule has 0 amide bonds. The number of hydrogen-bond acceptors (Lipinski definition) is 10. The van der Waals surface area contributed by atoms with E-state index in [0.29, 0.717) is 35.0 Å². The Morgan fingerprint density at radius 1 is 1.07 bits per heavy atom. The van der Waals surface area contributed by atoms with E-state index in [2.05, 4.69) is 30.3 Å². The number of nitrogens with one attached hydrogen (secondary N) is 1. The van der Waals surface area contributed by atoms with Crippen molar-refractivity contribution < 1.29 is 36.9 Å². The normalized spacial score (nSPS) is 11.9. The maximum atomic E-state index is 12.4. The van der Waals surface area contributed by atoms with Crippen LogP contribution >= 0.6 is 35.0 Å². The number of ether oxygens (including phenoxy) is 4. The van der Waals surface area contributed by atoms with Crippen molar-refractivity contribution in [3.05, 3.63) is 82.6 Å². The number of carbonyl (C=O) groups is 1. The SMILES string of the molecule is CCOCC(=O)OCS/C(=N\c1c(Cl)cc(OC)cc1Cl)N/N=C/c1ccc(-c2ncn(-c3ccc(OC(F)(F)F)cc3)n2)cc1. The molecule has 0 aliphatic carbocycles. The van der Waals surface area contributed by atoms with E-state index in [1.54, 1.807) is 43.3 Å². The second kappa shape index (κ2) is 16.3. The van der Waals surface area contributed by atoms with Gasteiger partial charge in [-0.1, -0.05) is 47.5 Å². The highest BCUT2D eigenvalue weighted by atomic mass is 35.5. The Morgan fingerprint density at radius 3 is 2.39 bits per heavy atom. The number of amidine groups is 1. The molecule has 0 fully saturated rings. The molecule has 1 aromatic heterocycles. The summed E-state index contributed by atoms with van der Waals surface area (Å²) in [5.74, 6) is -0.105. The summed E-state index contributed by atoms with van der Waals surface area (Å²) < 4.78 is 58.0. The van der Waals surface area contributed by atoms with Gasteiger partial charge >= 0.3 is 12.3 Å². The Hall–Kier alpha value is -4.31. The molecule has 0 saturated carbocycles. The minimum atomic E-state index is -4.77. The summed E-state index contributed by atoms with van der Waals surface area (Å²) in [5.41, 5.74) is 4.98. The summed E-state index contributed by atoms with van der Waals surface area (Å²) in [4.78, 5) is 20.6. The van der Waals surface area contributed by atoms with Gasteiger partial charge in [0.1, 0.15) is 36.1 Å². The quantitative estimate of drug-likeness (QED) is 0.0547. The van der Waals surface area contributed by atoms with Crippen LogP contribution in [0.3, 0.4) is 0 Å². The Labute approximate surface area is 275 Å². The van der Waals surface area contributed by atoms with Crippen LogP contribution in [0.5, 0.6) is 11.5 Å². The van der Waals surface area contributed by atoms with Gasteiger partial charge in [-0.3, -0.25) is 5.43 Å². The minimum absolute atomic E-state index is 0.0848. The Morgan fingerprint density at radius 2 is 1.76 bits per heavy atom. The predicted molar refractivity (Wildman–Crippen MR) is 169 cm³/mol. The molecule has 0 aliphatic heterocycles. The summed E-state index contributed by atoms with van der Waals surface area (Å²) in [6.07, 6.45) is -1.79. The van der Waals surface area contributed by atoms with Crippen LogP contribution in [0.1, 0.15) is 12.5 Å². The van der Waals surface area contributed by atoms with Gasteiger partial charge in [-0.2, -0.15) is 5.10 Å². The van der Waals surface area contributed by atoms with Crippen molar-refractivity contribution in [2.24, 2.45) is 10.1 Å². The smallest absolute Gasteiger partial charge is 0.497 e. The summed E-state index contributed by atoms with van der Waals surface area (Å²) >= 11 is 13.8. The van der Waals surface area contributed by atoms with Crippen molar-refractivity contribution >= 4 is 58.0 Å². The number of methoxy groups -OCH3 is 1. The van der Waals surface area contributed by atoms with Gasteiger partial charge in [-0.25, -0.2) is 19.5 Å².